The lowest BCUT2D eigenvalue weighted by Gasteiger charge is -2.40. The Morgan fingerprint density at radius 1 is 1.15 bits per heavy atom. The van der Waals surface area contributed by atoms with Crippen LogP contribution in [0, 0.1) is 0 Å². The van der Waals surface area contributed by atoms with Crippen LogP contribution in [0.15, 0.2) is 36.7 Å². The second-order valence-corrected chi connectivity index (χ2v) is 7.09. The molecule has 4 rings (SSSR count). The van der Waals surface area contributed by atoms with Crippen LogP contribution in [0.4, 0.5) is 0 Å². The van der Waals surface area contributed by atoms with E-state index in [9.17, 15) is 0 Å². The Kier molecular flexibility index (Phi) is 5.53. The van der Waals surface area contributed by atoms with Gasteiger partial charge in [-0.05, 0) is 43.7 Å². The Balaban J connectivity index is 1.43. The van der Waals surface area contributed by atoms with Crippen molar-refractivity contribution >= 4 is 0 Å². The van der Waals surface area contributed by atoms with Gasteiger partial charge in [-0.3, -0.25) is 9.80 Å². The molecule has 0 aliphatic carbocycles. The average Bonchev–Trinajstić information content (AvgIpc) is 3.17. The summed E-state index contributed by atoms with van der Waals surface area (Å²) >= 11 is 0. The molecule has 0 saturated carbocycles. The average molecular weight is 356 g/mol. The van der Waals surface area contributed by atoms with Crippen molar-refractivity contribution in [1.82, 2.24) is 19.4 Å². The van der Waals surface area contributed by atoms with E-state index in [-0.39, 0.29) is 0 Å². The first-order valence-corrected chi connectivity index (χ1v) is 9.54. The van der Waals surface area contributed by atoms with Crippen LogP contribution >= 0.6 is 0 Å². The lowest BCUT2D eigenvalue weighted by atomic mass is 10.0. The van der Waals surface area contributed by atoms with Crippen molar-refractivity contribution in [3.8, 4) is 11.4 Å². The summed E-state index contributed by atoms with van der Waals surface area (Å²) in [7, 11) is 1.69. The first-order valence-electron chi connectivity index (χ1n) is 9.54. The normalized spacial score (nSPS) is 22.4. The molecule has 2 aliphatic heterocycles. The van der Waals surface area contributed by atoms with Gasteiger partial charge < -0.3 is 14.0 Å². The highest BCUT2D eigenvalue weighted by atomic mass is 16.5. The van der Waals surface area contributed by atoms with Gasteiger partial charge in [-0.15, -0.1) is 0 Å². The minimum atomic E-state index is 0.650. The van der Waals surface area contributed by atoms with Crippen molar-refractivity contribution in [2.24, 2.45) is 0 Å². The van der Waals surface area contributed by atoms with Gasteiger partial charge in [0.1, 0.15) is 11.6 Å². The fourth-order valence-electron chi connectivity index (χ4n) is 4.04. The van der Waals surface area contributed by atoms with Gasteiger partial charge in [0.2, 0.25) is 0 Å². The van der Waals surface area contributed by atoms with Gasteiger partial charge in [0, 0.05) is 43.8 Å². The van der Waals surface area contributed by atoms with Gasteiger partial charge in [0.25, 0.3) is 0 Å². The maximum atomic E-state index is 5.51. The van der Waals surface area contributed by atoms with E-state index in [0.29, 0.717) is 6.04 Å². The highest BCUT2D eigenvalue weighted by molar-refractivity contribution is 5.38. The zero-order chi connectivity index (χ0) is 17.8. The van der Waals surface area contributed by atoms with Crippen LogP contribution in [0.25, 0.3) is 5.69 Å². The molecule has 6 nitrogen and oxygen atoms in total. The lowest BCUT2D eigenvalue weighted by molar-refractivity contribution is -0.00391. The molecule has 26 heavy (non-hydrogen) atoms. The molecule has 0 amide bonds. The van der Waals surface area contributed by atoms with Crippen LogP contribution in [-0.2, 0) is 11.3 Å². The first kappa shape index (κ1) is 17.5. The van der Waals surface area contributed by atoms with Crippen LogP contribution in [0.5, 0.6) is 5.75 Å². The molecule has 6 heteroatoms. The largest absolute Gasteiger partial charge is 0.497 e. The fraction of sp³-hybridized carbons (Fsp3) is 0.550. The molecule has 3 heterocycles. The molecule has 2 aliphatic rings. The molecule has 1 aromatic carbocycles. The number of nitrogens with zero attached hydrogens (tertiary/aromatic N) is 4. The zero-order valence-electron chi connectivity index (χ0n) is 15.5. The van der Waals surface area contributed by atoms with Gasteiger partial charge in [-0.25, -0.2) is 4.98 Å². The van der Waals surface area contributed by atoms with Gasteiger partial charge in [0.05, 0.1) is 26.9 Å². The number of benzene rings is 1. The molecule has 0 N–H and O–H groups in total. The number of likely N-dealkylation sites (tertiary alicyclic amines) is 1. The number of morpholine rings is 1. The van der Waals surface area contributed by atoms with Crippen molar-refractivity contribution in [3.05, 3.63) is 42.5 Å². The number of piperidine rings is 1. The van der Waals surface area contributed by atoms with Gasteiger partial charge in [-0.1, -0.05) is 0 Å². The second kappa shape index (κ2) is 8.20. The minimum absolute atomic E-state index is 0.650. The van der Waals surface area contributed by atoms with E-state index in [1.54, 1.807) is 7.11 Å². The first-order chi connectivity index (χ1) is 12.8. The molecule has 0 bridgehead atoms. The van der Waals surface area contributed by atoms with E-state index in [4.69, 9.17) is 9.47 Å². The Hall–Kier alpha value is -1.89. The van der Waals surface area contributed by atoms with Crippen LogP contribution in [0.3, 0.4) is 0 Å². The molecular formula is C20H28N4O2. The Morgan fingerprint density at radius 3 is 2.73 bits per heavy atom. The standard InChI is InChI=1S/C20H28N4O2/c1-25-19-6-4-17(5-7-19)24-10-8-21-20(24)16-22-9-2-3-18(15-22)23-11-13-26-14-12-23/h4-8,10,18H,2-3,9,11-16H2,1H3/t18-/m0/s1. The van der Waals surface area contributed by atoms with Crippen molar-refractivity contribution in [2.45, 2.75) is 25.4 Å². The highest BCUT2D eigenvalue weighted by Gasteiger charge is 2.27. The van der Waals surface area contributed by atoms with Crippen LogP contribution in [0.2, 0.25) is 0 Å². The van der Waals surface area contributed by atoms with Crippen molar-refractivity contribution in [3.63, 3.8) is 0 Å². The number of imidazole rings is 1. The number of rotatable bonds is 5. The van der Waals surface area contributed by atoms with E-state index in [1.807, 2.05) is 24.5 Å². The summed E-state index contributed by atoms with van der Waals surface area (Å²) in [5.74, 6) is 1.97. The van der Waals surface area contributed by atoms with Crippen LogP contribution < -0.4 is 4.74 Å². The number of ether oxygens (including phenoxy) is 2. The van der Waals surface area contributed by atoms with E-state index < -0.39 is 0 Å². The van der Waals surface area contributed by atoms with Crippen LogP contribution in [0.1, 0.15) is 18.7 Å². The topological polar surface area (TPSA) is 42.8 Å². The third kappa shape index (κ3) is 3.92. The van der Waals surface area contributed by atoms with Crippen LogP contribution in [-0.4, -0.2) is 71.9 Å². The molecule has 1 aromatic heterocycles. The van der Waals surface area contributed by atoms with E-state index in [0.717, 1.165) is 63.2 Å². The van der Waals surface area contributed by atoms with Crippen molar-refractivity contribution in [1.29, 1.82) is 0 Å². The summed E-state index contributed by atoms with van der Waals surface area (Å²) in [6.45, 7) is 7.04. The second-order valence-electron chi connectivity index (χ2n) is 7.09. The van der Waals surface area contributed by atoms with Crippen molar-refractivity contribution < 1.29 is 9.47 Å². The number of hydrogen-bond acceptors (Lipinski definition) is 5. The Bertz CT molecular complexity index is 694. The smallest absolute Gasteiger partial charge is 0.127 e. The molecule has 1 atom stereocenters. The Labute approximate surface area is 155 Å². The Morgan fingerprint density at radius 2 is 1.96 bits per heavy atom. The van der Waals surface area contributed by atoms with E-state index >= 15 is 0 Å². The molecule has 140 valence electrons. The predicted octanol–water partition coefficient (Wildman–Crippen LogP) is 2.18. The highest BCUT2D eigenvalue weighted by Crippen LogP contribution is 2.21. The summed E-state index contributed by atoms with van der Waals surface area (Å²) < 4.78 is 12.9. The maximum absolute atomic E-state index is 5.51. The number of methoxy groups -OCH3 is 1. The summed E-state index contributed by atoms with van der Waals surface area (Å²) in [6.07, 6.45) is 6.48. The SMILES string of the molecule is COc1ccc(-n2ccnc2CN2CCC[C@H](N3CCOCC3)C2)cc1. The molecular weight excluding hydrogens is 328 g/mol. The van der Waals surface area contributed by atoms with E-state index in [2.05, 4.69) is 31.5 Å². The third-order valence-electron chi connectivity index (χ3n) is 5.48. The maximum Gasteiger partial charge on any atom is 0.127 e. The van der Waals surface area contributed by atoms with Gasteiger partial charge in [-0.2, -0.15) is 0 Å². The molecule has 0 unspecified atom stereocenters. The molecule has 2 saturated heterocycles. The molecule has 0 radical (unpaired) electrons. The summed E-state index contributed by atoms with van der Waals surface area (Å²) in [6, 6.07) is 8.80. The lowest BCUT2D eigenvalue weighted by Crippen LogP contribution is -2.51. The van der Waals surface area contributed by atoms with E-state index in [1.165, 1.54) is 12.8 Å². The monoisotopic (exact) mass is 356 g/mol. The number of hydrogen-bond donors (Lipinski definition) is 0. The molecule has 2 aromatic rings. The summed E-state index contributed by atoms with van der Waals surface area (Å²) in [5, 5.41) is 0. The third-order valence-corrected chi connectivity index (χ3v) is 5.48. The fourth-order valence-corrected chi connectivity index (χ4v) is 4.04. The zero-order valence-corrected chi connectivity index (χ0v) is 15.5. The molecule has 0 spiro atoms. The summed E-state index contributed by atoms with van der Waals surface area (Å²) in [5.41, 5.74) is 1.13. The molecule has 2 fully saturated rings. The quantitative estimate of drug-likeness (QED) is 0.821. The van der Waals surface area contributed by atoms with Gasteiger partial charge >= 0.3 is 0 Å². The summed E-state index contributed by atoms with van der Waals surface area (Å²) in [4.78, 5) is 9.77. The number of aromatic nitrogens is 2. The minimum Gasteiger partial charge on any atom is -0.497 e. The van der Waals surface area contributed by atoms with Crippen molar-refractivity contribution in [2.75, 3.05) is 46.5 Å². The van der Waals surface area contributed by atoms with Gasteiger partial charge in [0.15, 0.2) is 0 Å². The predicted molar refractivity (Wildman–Crippen MR) is 101 cm³/mol.